The largest absolute Gasteiger partial charge is 0.284 e. The number of unbranched alkanes of at least 4 members (excludes halogenated alkanes) is 1. The Morgan fingerprint density at radius 1 is 1.05 bits per heavy atom. The van der Waals surface area contributed by atoms with Gasteiger partial charge in [-0.2, -0.15) is 0 Å². The summed E-state index contributed by atoms with van der Waals surface area (Å²) < 4.78 is 52.7. The molecule has 1 aromatic carbocycles. The topological polar surface area (TPSA) is 92.3 Å². The number of benzene rings is 1. The molecule has 0 saturated carbocycles. The monoisotopic (exact) mass is 348 g/mol. The minimum absolute atomic E-state index is 0.0547. The van der Waals surface area contributed by atoms with Gasteiger partial charge >= 0.3 is 0 Å². The van der Waals surface area contributed by atoms with Crippen LogP contribution < -0.4 is 9.44 Å². The highest BCUT2D eigenvalue weighted by molar-refractivity contribution is 7.92. The van der Waals surface area contributed by atoms with E-state index in [0.29, 0.717) is 18.5 Å². The minimum Gasteiger partial charge on any atom is -0.284 e. The van der Waals surface area contributed by atoms with Crippen molar-refractivity contribution < 1.29 is 16.8 Å². The van der Waals surface area contributed by atoms with Crippen molar-refractivity contribution in [3.05, 3.63) is 24.3 Å². The third-order valence-electron chi connectivity index (χ3n) is 3.17. The van der Waals surface area contributed by atoms with Crippen LogP contribution in [0.5, 0.6) is 0 Å². The van der Waals surface area contributed by atoms with E-state index in [1.165, 1.54) is 24.3 Å². The summed E-state index contributed by atoms with van der Waals surface area (Å²) in [5, 5.41) is 0. The highest BCUT2D eigenvalue weighted by Gasteiger charge is 2.17. The molecule has 126 valence electrons. The molecule has 1 aromatic rings. The summed E-state index contributed by atoms with van der Waals surface area (Å²) >= 11 is 0. The fourth-order valence-corrected chi connectivity index (χ4v) is 4.28. The molecule has 0 aliphatic rings. The average molecular weight is 348 g/mol. The lowest BCUT2D eigenvalue weighted by molar-refractivity contribution is 0.556. The van der Waals surface area contributed by atoms with Crippen molar-refractivity contribution in [3.8, 4) is 0 Å². The summed E-state index contributed by atoms with van der Waals surface area (Å²) in [6.45, 7) is 5.59. The van der Waals surface area contributed by atoms with E-state index >= 15 is 0 Å². The Labute approximate surface area is 133 Å². The molecule has 0 aliphatic heterocycles. The highest BCUT2D eigenvalue weighted by Crippen LogP contribution is 2.16. The lowest BCUT2D eigenvalue weighted by Gasteiger charge is -2.13. The van der Waals surface area contributed by atoms with Gasteiger partial charge in [-0.3, -0.25) is 4.72 Å². The number of hydrogen-bond acceptors (Lipinski definition) is 4. The Hall–Kier alpha value is -1.12. The molecule has 0 saturated heterocycles. The van der Waals surface area contributed by atoms with Crippen molar-refractivity contribution in [1.82, 2.24) is 4.72 Å². The van der Waals surface area contributed by atoms with Crippen LogP contribution in [0.1, 0.15) is 40.0 Å². The van der Waals surface area contributed by atoms with Crippen LogP contribution in [0.15, 0.2) is 29.2 Å². The number of rotatable bonds is 9. The zero-order valence-corrected chi connectivity index (χ0v) is 14.8. The van der Waals surface area contributed by atoms with E-state index in [-0.39, 0.29) is 16.7 Å². The molecule has 0 aromatic heterocycles. The molecular weight excluding hydrogens is 324 g/mol. The molecule has 1 rings (SSSR count). The molecule has 0 aliphatic carbocycles. The van der Waals surface area contributed by atoms with Gasteiger partial charge < -0.3 is 0 Å². The van der Waals surface area contributed by atoms with Crippen molar-refractivity contribution in [1.29, 1.82) is 0 Å². The van der Waals surface area contributed by atoms with Gasteiger partial charge in [0.1, 0.15) is 0 Å². The summed E-state index contributed by atoms with van der Waals surface area (Å²) in [5.74, 6) is 0.0547. The van der Waals surface area contributed by atoms with Crippen LogP contribution in [0, 0.1) is 0 Å². The first-order chi connectivity index (χ1) is 10.2. The van der Waals surface area contributed by atoms with E-state index in [1.54, 1.807) is 6.92 Å². The zero-order chi connectivity index (χ0) is 16.8. The van der Waals surface area contributed by atoms with Crippen molar-refractivity contribution in [2.24, 2.45) is 0 Å². The molecule has 0 unspecified atom stereocenters. The van der Waals surface area contributed by atoms with Crippen LogP contribution >= 0.6 is 0 Å². The van der Waals surface area contributed by atoms with Crippen LogP contribution in [0.4, 0.5) is 5.69 Å². The Morgan fingerprint density at radius 3 is 2.14 bits per heavy atom. The van der Waals surface area contributed by atoms with Crippen LogP contribution in [0.25, 0.3) is 0 Å². The smallest absolute Gasteiger partial charge is 0.240 e. The van der Waals surface area contributed by atoms with Crippen LogP contribution in [-0.4, -0.2) is 28.6 Å². The Kier molecular flexibility index (Phi) is 6.83. The zero-order valence-electron chi connectivity index (χ0n) is 13.2. The quantitative estimate of drug-likeness (QED) is 0.716. The second-order valence-electron chi connectivity index (χ2n) is 5.23. The van der Waals surface area contributed by atoms with Gasteiger partial charge in [-0.25, -0.2) is 21.6 Å². The van der Waals surface area contributed by atoms with E-state index in [0.717, 1.165) is 6.42 Å². The van der Waals surface area contributed by atoms with E-state index in [1.807, 2.05) is 13.8 Å². The fraction of sp³-hybridized carbons (Fsp3) is 0.571. The van der Waals surface area contributed by atoms with E-state index in [9.17, 15) is 16.8 Å². The Morgan fingerprint density at radius 2 is 1.64 bits per heavy atom. The number of hydrogen-bond donors (Lipinski definition) is 2. The third kappa shape index (κ3) is 5.94. The van der Waals surface area contributed by atoms with Gasteiger partial charge in [-0.15, -0.1) is 0 Å². The molecule has 8 heteroatoms. The molecule has 0 heterocycles. The molecule has 0 spiro atoms. The van der Waals surface area contributed by atoms with Gasteiger partial charge in [0, 0.05) is 11.7 Å². The molecular formula is C14H24N2O4S2. The molecule has 22 heavy (non-hydrogen) atoms. The summed E-state index contributed by atoms with van der Waals surface area (Å²) in [4.78, 5) is 0.115. The maximum absolute atomic E-state index is 12.1. The molecule has 1 atom stereocenters. The first-order valence-electron chi connectivity index (χ1n) is 7.33. The molecule has 0 bridgehead atoms. The van der Waals surface area contributed by atoms with Crippen molar-refractivity contribution in [3.63, 3.8) is 0 Å². The van der Waals surface area contributed by atoms with Gasteiger partial charge in [0.05, 0.1) is 10.6 Å². The molecule has 2 N–H and O–H groups in total. The molecule has 0 radical (unpaired) electrons. The minimum atomic E-state index is -3.57. The first-order valence-corrected chi connectivity index (χ1v) is 10.5. The number of sulfonamides is 2. The molecule has 6 nitrogen and oxygen atoms in total. The number of nitrogens with one attached hydrogen (secondary N) is 2. The van der Waals surface area contributed by atoms with Gasteiger partial charge in [-0.1, -0.05) is 20.3 Å². The van der Waals surface area contributed by atoms with Gasteiger partial charge in [0.2, 0.25) is 20.0 Å². The first kappa shape index (κ1) is 18.9. The predicted molar refractivity (Wildman–Crippen MR) is 88.8 cm³/mol. The Bertz CT molecular complexity index is 667. The normalized spacial score (nSPS) is 13.8. The highest BCUT2D eigenvalue weighted by atomic mass is 32.2. The van der Waals surface area contributed by atoms with E-state index in [2.05, 4.69) is 9.44 Å². The van der Waals surface area contributed by atoms with Crippen molar-refractivity contribution in [2.75, 3.05) is 10.5 Å². The summed E-state index contributed by atoms with van der Waals surface area (Å²) in [6.07, 6.45) is 2.06. The standard InChI is InChI=1S/C14H24N2O4S2/c1-4-6-11-21(17,18)16-13-7-9-14(10-8-13)22(19,20)15-12(3)5-2/h7-10,12,15-16H,4-6,11H2,1-3H3/t12-/m0/s1. The van der Waals surface area contributed by atoms with Gasteiger partial charge in [-0.05, 0) is 44.0 Å². The van der Waals surface area contributed by atoms with Gasteiger partial charge in [0.25, 0.3) is 0 Å². The molecule has 0 amide bonds. The summed E-state index contributed by atoms with van der Waals surface area (Å²) in [5.41, 5.74) is 0.360. The van der Waals surface area contributed by atoms with E-state index < -0.39 is 20.0 Å². The lowest BCUT2D eigenvalue weighted by atomic mass is 10.3. The number of anilines is 1. The van der Waals surface area contributed by atoms with Crippen molar-refractivity contribution in [2.45, 2.75) is 51.0 Å². The second kappa shape index (κ2) is 7.94. The average Bonchev–Trinajstić information content (AvgIpc) is 2.44. The summed E-state index contributed by atoms with van der Waals surface area (Å²) in [6, 6.07) is 5.53. The maximum atomic E-state index is 12.1. The lowest BCUT2D eigenvalue weighted by Crippen LogP contribution is -2.31. The Balaban J connectivity index is 2.83. The van der Waals surface area contributed by atoms with Crippen LogP contribution in [0.2, 0.25) is 0 Å². The second-order valence-corrected chi connectivity index (χ2v) is 8.79. The van der Waals surface area contributed by atoms with E-state index in [4.69, 9.17) is 0 Å². The summed E-state index contributed by atoms with van der Waals surface area (Å²) in [7, 11) is -6.96. The van der Waals surface area contributed by atoms with Gasteiger partial charge in [0.15, 0.2) is 0 Å². The maximum Gasteiger partial charge on any atom is 0.240 e. The predicted octanol–water partition coefficient (Wildman–Crippen LogP) is 2.31. The SMILES string of the molecule is CCCCS(=O)(=O)Nc1ccc(S(=O)(=O)N[C@@H](C)CC)cc1. The molecule has 0 fully saturated rings. The van der Waals surface area contributed by atoms with Crippen molar-refractivity contribution >= 4 is 25.7 Å². The van der Waals surface area contributed by atoms with Crippen LogP contribution in [0.3, 0.4) is 0 Å². The fourth-order valence-electron chi connectivity index (χ4n) is 1.68. The van der Waals surface area contributed by atoms with Crippen LogP contribution in [-0.2, 0) is 20.0 Å². The third-order valence-corrected chi connectivity index (χ3v) is 6.15.